The van der Waals surface area contributed by atoms with E-state index in [-0.39, 0.29) is 19.0 Å². The number of rotatable bonds is 5. The average Bonchev–Trinajstić information content (AvgIpc) is 2.31. The fourth-order valence-electron chi connectivity index (χ4n) is 1.33. The largest absolute Gasteiger partial charge is 0.507 e. The van der Waals surface area contributed by atoms with Crippen molar-refractivity contribution < 1.29 is 15.3 Å². The summed E-state index contributed by atoms with van der Waals surface area (Å²) in [5.41, 5.74) is 0.845. The van der Waals surface area contributed by atoms with E-state index in [0.717, 1.165) is 11.1 Å². The van der Waals surface area contributed by atoms with Gasteiger partial charge in [-0.05, 0) is 19.4 Å². The van der Waals surface area contributed by atoms with E-state index in [2.05, 4.69) is 5.32 Å². The van der Waals surface area contributed by atoms with Gasteiger partial charge in [0, 0.05) is 12.1 Å². The van der Waals surface area contributed by atoms with E-state index < -0.39 is 5.54 Å². The molecule has 1 aromatic carbocycles. The Balaban J connectivity index is 2.71. The number of aliphatic hydroxyl groups excluding tert-OH is 2. The van der Waals surface area contributed by atoms with Crippen molar-refractivity contribution in [3.63, 3.8) is 0 Å². The molecule has 0 heterocycles. The number of aliphatic hydroxyl groups is 2. The van der Waals surface area contributed by atoms with Crippen molar-refractivity contribution in [1.29, 1.82) is 0 Å². The zero-order valence-electron chi connectivity index (χ0n) is 9.70. The van der Waals surface area contributed by atoms with Gasteiger partial charge in [0.25, 0.3) is 0 Å². The van der Waals surface area contributed by atoms with E-state index in [1.807, 2.05) is 25.1 Å². The van der Waals surface area contributed by atoms with Crippen LogP contribution in [0.3, 0.4) is 0 Å². The summed E-state index contributed by atoms with van der Waals surface area (Å²) in [6.45, 7) is 3.65. The maximum Gasteiger partial charge on any atom is 0.122 e. The first-order valence-electron chi connectivity index (χ1n) is 5.26. The van der Waals surface area contributed by atoms with Crippen LogP contribution in [0.5, 0.6) is 5.75 Å². The van der Waals surface area contributed by atoms with E-state index in [1.54, 1.807) is 6.92 Å². The second-order valence-electron chi connectivity index (χ2n) is 4.31. The predicted molar refractivity (Wildman–Crippen MR) is 62.3 cm³/mol. The van der Waals surface area contributed by atoms with Gasteiger partial charge in [-0.2, -0.15) is 0 Å². The normalized spacial score (nSPS) is 11.8. The molecule has 0 aromatic heterocycles. The van der Waals surface area contributed by atoms with Crippen molar-refractivity contribution in [1.82, 2.24) is 5.32 Å². The van der Waals surface area contributed by atoms with E-state index in [4.69, 9.17) is 10.2 Å². The lowest BCUT2D eigenvalue weighted by Gasteiger charge is -2.26. The molecule has 0 unspecified atom stereocenters. The SMILES string of the molecule is Cc1cccc(CNC(C)(CO)CO)c1O. The second kappa shape index (κ2) is 5.30. The standard InChI is InChI=1S/C12H19NO3/c1-9-4-3-5-10(11(9)16)6-13-12(2,7-14)8-15/h3-5,13-16H,6-8H2,1-2H3. The van der Waals surface area contributed by atoms with Crippen LogP contribution in [0.25, 0.3) is 0 Å². The first-order chi connectivity index (χ1) is 7.52. The van der Waals surface area contributed by atoms with Gasteiger partial charge < -0.3 is 20.6 Å². The molecule has 0 radical (unpaired) electrons. The molecule has 0 aliphatic heterocycles. The van der Waals surface area contributed by atoms with Crippen LogP contribution < -0.4 is 5.32 Å². The summed E-state index contributed by atoms with van der Waals surface area (Å²) in [5, 5.41) is 31.0. The Kier molecular flexibility index (Phi) is 4.29. The lowest BCUT2D eigenvalue weighted by atomic mass is 10.0. The maximum atomic E-state index is 9.77. The van der Waals surface area contributed by atoms with Crippen molar-refractivity contribution in [3.05, 3.63) is 29.3 Å². The molecule has 0 saturated heterocycles. The van der Waals surface area contributed by atoms with Crippen molar-refractivity contribution in [2.45, 2.75) is 25.9 Å². The molecule has 0 atom stereocenters. The van der Waals surface area contributed by atoms with Gasteiger partial charge in [-0.15, -0.1) is 0 Å². The monoisotopic (exact) mass is 225 g/mol. The highest BCUT2D eigenvalue weighted by molar-refractivity contribution is 5.39. The quantitative estimate of drug-likeness (QED) is 0.590. The number of hydrogen-bond acceptors (Lipinski definition) is 4. The molecular weight excluding hydrogens is 206 g/mol. The lowest BCUT2D eigenvalue weighted by molar-refractivity contribution is 0.103. The Morgan fingerprint density at radius 2 is 1.88 bits per heavy atom. The number of para-hydroxylation sites is 1. The third kappa shape index (κ3) is 2.95. The van der Waals surface area contributed by atoms with E-state index in [9.17, 15) is 5.11 Å². The van der Waals surface area contributed by atoms with Crippen LogP contribution in [-0.2, 0) is 6.54 Å². The Bertz CT molecular complexity index is 348. The zero-order valence-corrected chi connectivity index (χ0v) is 9.70. The smallest absolute Gasteiger partial charge is 0.122 e. The highest BCUT2D eigenvalue weighted by Gasteiger charge is 2.21. The molecule has 90 valence electrons. The second-order valence-corrected chi connectivity index (χ2v) is 4.31. The van der Waals surface area contributed by atoms with E-state index in [1.165, 1.54) is 0 Å². The summed E-state index contributed by atoms with van der Waals surface area (Å²) >= 11 is 0. The van der Waals surface area contributed by atoms with Crippen LogP contribution >= 0.6 is 0 Å². The molecule has 1 rings (SSSR count). The number of benzene rings is 1. The third-order valence-electron chi connectivity index (χ3n) is 2.72. The molecule has 0 aliphatic carbocycles. The summed E-state index contributed by atoms with van der Waals surface area (Å²) < 4.78 is 0. The summed E-state index contributed by atoms with van der Waals surface area (Å²) in [6.07, 6.45) is 0. The Morgan fingerprint density at radius 1 is 1.25 bits per heavy atom. The predicted octanol–water partition coefficient (Wildman–Crippen LogP) is 0.534. The molecular formula is C12H19NO3. The van der Waals surface area contributed by atoms with E-state index >= 15 is 0 Å². The molecule has 1 aromatic rings. The Labute approximate surface area is 95.6 Å². The molecule has 0 bridgehead atoms. The number of aryl methyl sites for hydroxylation is 1. The molecule has 0 saturated carbocycles. The molecule has 16 heavy (non-hydrogen) atoms. The molecule has 0 aliphatic rings. The van der Waals surface area contributed by atoms with Gasteiger partial charge >= 0.3 is 0 Å². The van der Waals surface area contributed by atoms with Crippen LogP contribution in [-0.4, -0.2) is 34.1 Å². The highest BCUT2D eigenvalue weighted by Crippen LogP contribution is 2.21. The first kappa shape index (κ1) is 13.0. The van der Waals surface area contributed by atoms with Gasteiger partial charge in [-0.1, -0.05) is 18.2 Å². The minimum Gasteiger partial charge on any atom is -0.507 e. The van der Waals surface area contributed by atoms with Gasteiger partial charge in [0.1, 0.15) is 5.75 Å². The molecule has 4 nitrogen and oxygen atoms in total. The minimum atomic E-state index is -0.726. The van der Waals surface area contributed by atoms with Crippen LogP contribution in [0.15, 0.2) is 18.2 Å². The fourth-order valence-corrected chi connectivity index (χ4v) is 1.33. The van der Waals surface area contributed by atoms with Gasteiger partial charge in [-0.25, -0.2) is 0 Å². The molecule has 4 N–H and O–H groups in total. The van der Waals surface area contributed by atoms with Crippen molar-refractivity contribution in [2.24, 2.45) is 0 Å². The van der Waals surface area contributed by atoms with Crippen LogP contribution in [0, 0.1) is 6.92 Å². The maximum absolute atomic E-state index is 9.77. The topological polar surface area (TPSA) is 72.7 Å². The summed E-state index contributed by atoms with van der Waals surface area (Å²) in [6, 6.07) is 5.50. The van der Waals surface area contributed by atoms with Crippen molar-refractivity contribution in [2.75, 3.05) is 13.2 Å². The first-order valence-corrected chi connectivity index (χ1v) is 5.26. The van der Waals surface area contributed by atoms with Gasteiger partial charge in [-0.3, -0.25) is 0 Å². The lowest BCUT2D eigenvalue weighted by Crippen LogP contribution is -2.48. The van der Waals surface area contributed by atoms with E-state index in [0.29, 0.717) is 6.54 Å². The fraction of sp³-hybridized carbons (Fsp3) is 0.500. The minimum absolute atomic E-state index is 0.157. The van der Waals surface area contributed by atoms with Gasteiger partial charge in [0.2, 0.25) is 0 Å². The molecule has 0 spiro atoms. The van der Waals surface area contributed by atoms with Crippen LogP contribution in [0.4, 0.5) is 0 Å². The third-order valence-corrected chi connectivity index (χ3v) is 2.72. The van der Waals surface area contributed by atoms with Gasteiger partial charge in [0.15, 0.2) is 0 Å². The number of aromatic hydroxyl groups is 1. The number of phenolic OH excluding ortho intramolecular Hbond substituents is 1. The Hall–Kier alpha value is -1.10. The van der Waals surface area contributed by atoms with Crippen LogP contribution in [0.2, 0.25) is 0 Å². The zero-order chi connectivity index (χ0) is 12.2. The highest BCUT2D eigenvalue weighted by atomic mass is 16.3. The van der Waals surface area contributed by atoms with Crippen LogP contribution in [0.1, 0.15) is 18.1 Å². The number of hydrogen-bond donors (Lipinski definition) is 4. The summed E-state index contributed by atoms with van der Waals surface area (Å²) in [4.78, 5) is 0. The molecule has 4 heteroatoms. The van der Waals surface area contributed by atoms with Crippen molar-refractivity contribution in [3.8, 4) is 5.75 Å². The van der Waals surface area contributed by atoms with Gasteiger partial charge in [0.05, 0.1) is 18.8 Å². The number of nitrogens with one attached hydrogen (secondary N) is 1. The molecule has 0 amide bonds. The molecule has 0 fully saturated rings. The average molecular weight is 225 g/mol. The Morgan fingerprint density at radius 3 is 2.44 bits per heavy atom. The van der Waals surface area contributed by atoms with Crippen molar-refractivity contribution >= 4 is 0 Å². The summed E-state index contributed by atoms with van der Waals surface area (Å²) in [7, 11) is 0. The summed E-state index contributed by atoms with van der Waals surface area (Å²) in [5.74, 6) is 0.258. The number of phenols is 1.